The van der Waals surface area contributed by atoms with E-state index in [1.54, 1.807) is 25.1 Å². The summed E-state index contributed by atoms with van der Waals surface area (Å²) in [7, 11) is 2.85. The second-order valence-corrected chi connectivity index (χ2v) is 7.92. The molecule has 3 aromatic rings. The van der Waals surface area contributed by atoms with Gasteiger partial charge in [-0.05, 0) is 60.6 Å². The van der Waals surface area contributed by atoms with E-state index in [0.717, 1.165) is 17.7 Å². The number of nitrogens with one attached hydrogen (secondary N) is 3. The Morgan fingerprint density at radius 3 is 2.25 bits per heavy atom. The summed E-state index contributed by atoms with van der Waals surface area (Å²) in [4.78, 5) is 24.1. The van der Waals surface area contributed by atoms with Crippen LogP contribution in [0.3, 0.4) is 0 Å². The molecule has 0 fully saturated rings. The Hall–Kier alpha value is -4.32. The highest BCUT2D eigenvalue weighted by atomic mass is 32.1. The maximum Gasteiger partial charge on any atom is 0.296 e. The first-order valence-corrected chi connectivity index (χ1v) is 10.8. The lowest BCUT2D eigenvalue weighted by atomic mass is 10.1. The van der Waals surface area contributed by atoms with Gasteiger partial charge in [0.2, 0.25) is 0 Å². The summed E-state index contributed by atoms with van der Waals surface area (Å²) in [6.45, 7) is 1.77. The van der Waals surface area contributed by atoms with E-state index in [1.165, 1.54) is 38.5 Å². The van der Waals surface area contributed by atoms with Gasteiger partial charge in [0.1, 0.15) is 23.2 Å². The molecule has 9 nitrogen and oxygen atoms in total. The Bertz CT molecular complexity index is 1320. The third kappa shape index (κ3) is 6.21. The van der Waals surface area contributed by atoms with Crippen LogP contribution in [0.25, 0.3) is 0 Å². The molecule has 1 amide bonds. The third-order valence-corrected chi connectivity index (χ3v) is 5.39. The number of hydrogen-bond acceptors (Lipinski definition) is 6. The van der Waals surface area contributed by atoms with Gasteiger partial charge in [-0.25, -0.2) is 8.78 Å². The number of benzene rings is 3. The largest absolute Gasteiger partial charge is 0.497 e. The SMILES string of the molecule is COc1ccc(C)c(NC(=O)C(NC(=S)Nc2ccc(OC)cc2[N+](=O)[O-])c2ccc(F)c(F)c2)c1. The summed E-state index contributed by atoms with van der Waals surface area (Å²) in [6, 6.07) is 10.8. The maximum atomic E-state index is 14.0. The number of aryl methyl sites for hydroxylation is 1. The average molecular weight is 517 g/mol. The Morgan fingerprint density at radius 1 is 0.944 bits per heavy atom. The molecule has 0 aliphatic carbocycles. The molecule has 1 atom stereocenters. The average Bonchev–Trinajstić information content (AvgIpc) is 2.85. The summed E-state index contributed by atoms with van der Waals surface area (Å²) in [5, 5.41) is 19.4. The van der Waals surface area contributed by atoms with Gasteiger partial charge in [-0.1, -0.05) is 12.1 Å². The molecule has 3 aromatic carbocycles. The summed E-state index contributed by atoms with van der Waals surface area (Å²) >= 11 is 5.28. The van der Waals surface area contributed by atoms with Crippen molar-refractivity contribution in [1.82, 2.24) is 5.32 Å². The second kappa shape index (κ2) is 11.4. The molecule has 3 rings (SSSR count). The van der Waals surface area contributed by atoms with Crippen molar-refractivity contribution in [2.45, 2.75) is 13.0 Å². The lowest BCUT2D eigenvalue weighted by Crippen LogP contribution is -2.39. The summed E-state index contributed by atoms with van der Waals surface area (Å²) in [5.74, 6) is -2.13. The van der Waals surface area contributed by atoms with Crippen LogP contribution in [-0.2, 0) is 4.79 Å². The van der Waals surface area contributed by atoms with Gasteiger partial charge in [0.15, 0.2) is 16.7 Å². The maximum absolute atomic E-state index is 14.0. The zero-order valence-electron chi connectivity index (χ0n) is 19.4. The van der Waals surface area contributed by atoms with Crippen molar-refractivity contribution in [3.63, 3.8) is 0 Å². The van der Waals surface area contributed by atoms with Crippen LogP contribution in [0.1, 0.15) is 17.2 Å². The number of carbonyl (C=O) groups excluding carboxylic acids is 1. The van der Waals surface area contributed by atoms with E-state index in [2.05, 4.69) is 16.0 Å². The molecule has 1 unspecified atom stereocenters. The van der Waals surface area contributed by atoms with Crippen molar-refractivity contribution in [2.75, 3.05) is 24.9 Å². The molecule has 0 radical (unpaired) electrons. The smallest absolute Gasteiger partial charge is 0.296 e. The van der Waals surface area contributed by atoms with Crippen LogP contribution in [0.4, 0.5) is 25.8 Å². The number of ether oxygens (including phenoxy) is 2. The van der Waals surface area contributed by atoms with E-state index >= 15 is 0 Å². The number of nitrogens with zero attached hydrogens (tertiary/aromatic N) is 1. The molecule has 12 heteroatoms. The quantitative estimate of drug-likeness (QED) is 0.221. The van der Waals surface area contributed by atoms with Crippen molar-refractivity contribution >= 4 is 40.3 Å². The fourth-order valence-corrected chi connectivity index (χ4v) is 3.47. The predicted molar refractivity (Wildman–Crippen MR) is 134 cm³/mol. The molecule has 0 aliphatic rings. The number of methoxy groups -OCH3 is 2. The number of anilines is 2. The fraction of sp³-hybridized carbons (Fsp3) is 0.167. The van der Waals surface area contributed by atoms with Gasteiger partial charge in [0.05, 0.1) is 25.2 Å². The Morgan fingerprint density at radius 2 is 1.61 bits per heavy atom. The molecular formula is C24H22F2N4O5S. The Labute approximate surface area is 210 Å². The summed E-state index contributed by atoms with van der Waals surface area (Å²) in [6.07, 6.45) is 0. The molecule has 3 N–H and O–H groups in total. The minimum Gasteiger partial charge on any atom is -0.497 e. The van der Waals surface area contributed by atoms with Crippen molar-refractivity contribution in [2.24, 2.45) is 0 Å². The van der Waals surface area contributed by atoms with Crippen LogP contribution in [-0.4, -0.2) is 30.2 Å². The van der Waals surface area contributed by atoms with Crippen molar-refractivity contribution in [1.29, 1.82) is 0 Å². The van der Waals surface area contributed by atoms with Crippen molar-refractivity contribution < 1.29 is 28.0 Å². The highest BCUT2D eigenvalue weighted by molar-refractivity contribution is 7.80. The van der Waals surface area contributed by atoms with E-state index < -0.39 is 28.5 Å². The molecule has 0 aliphatic heterocycles. The standard InChI is InChI=1S/C24H22F2N4O5S/c1-13-4-6-15(34-2)11-20(13)27-23(31)22(14-5-8-17(25)18(26)10-14)29-24(36)28-19-9-7-16(35-3)12-21(19)30(32)33/h4-12,22H,1-3H3,(H,27,31)(H2,28,29,36). The number of hydrogen-bond donors (Lipinski definition) is 3. The van der Waals surface area contributed by atoms with E-state index in [9.17, 15) is 23.7 Å². The van der Waals surface area contributed by atoms with Gasteiger partial charge in [0, 0.05) is 11.8 Å². The van der Waals surface area contributed by atoms with Crippen LogP contribution in [0.15, 0.2) is 54.6 Å². The number of halogens is 2. The highest BCUT2D eigenvalue weighted by Gasteiger charge is 2.25. The third-order valence-electron chi connectivity index (χ3n) is 5.17. The lowest BCUT2D eigenvalue weighted by molar-refractivity contribution is -0.384. The fourth-order valence-electron chi connectivity index (χ4n) is 3.24. The van der Waals surface area contributed by atoms with E-state index in [-0.39, 0.29) is 27.8 Å². The minimum absolute atomic E-state index is 0.0337. The molecule has 0 aromatic heterocycles. The zero-order valence-corrected chi connectivity index (χ0v) is 20.2. The number of thiocarbonyl (C=S) groups is 1. The Balaban J connectivity index is 1.91. The lowest BCUT2D eigenvalue weighted by Gasteiger charge is -2.22. The summed E-state index contributed by atoms with van der Waals surface area (Å²) in [5.41, 5.74) is 0.937. The number of rotatable bonds is 8. The van der Waals surface area contributed by atoms with Gasteiger partial charge in [0.25, 0.3) is 11.6 Å². The molecule has 36 heavy (non-hydrogen) atoms. The van der Waals surface area contributed by atoms with Crippen molar-refractivity contribution in [3.05, 3.63) is 87.5 Å². The van der Waals surface area contributed by atoms with E-state index in [0.29, 0.717) is 11.4 Å². The van der Waals surface area contributed by atoms with Gasteiger partial charge in [-0.15, -0.1) is 0 Å². The van der Waals surface area contributed by atoms with E-state index in [1.807, 2.05) is 0 Å². The number of amides is 1. The highest BCUT2D eigenvalue weighted by Crippen LogP contribution is 2.29. The minimum atomic E-state index is -1.29. The number of nitro groups is 1. The predicted octanol–water partition coefficient (Wildman–Crippen LogP) is 4.87. The molecule has 0 heterocycles. The first-order valence-electron chi connectivity index (χ1n) is 10.4. The number of carbonyl (C=O) groups is 1. The molecule has 0 saturated carbocycles. The Kier molecular flexibility index (Phi) is 8.33. The van der Waals surface area contributed by atoms with Gasteiger partial charge in [-0.2, -0.15) is 0 Å². The van der Waals surface area contributed by atoms with Gasteiger partial charge in [-0.3, -0.25) is 14.9 Å². The van der Waals surface area contributed by atoms with E-state index in [4.69, 9.17) is 21.7 Å². The zero-order chi connectivity index (χ0) is 26.4. The van der Waals surface area contributed by atoms with Crippen LogP contribution in [0.2, 0.25) is 0 Å². The van der Waals surface area contributed by atoms with Crippen LogP contribution < -0.4 is 25.4 Å². The molecular weight excluding hydrogens is 494 g/mol. The van der Waals surface area contributed by atoms with Crippen molar-refractivity contribution in [3.8, 4) is 11.5 Å². The normalized spacial score (nSPS) is 11.2. The van der Waals surface area contributed by atoms with Gasteiger partial charge < -0.3 is 25.4 Å². The first kappa shape index (κ1) is 26.3. The summed E-state index contributed by atoms with van der Waals surface area (Å²) < 4.78 is 37.8. The topological polar surface area (TPSA) is 115 Å². The second-order valence-electron chi connectivity index (χ2n) is 7.52. The molecule has 0 saturated heterocycles. The van der Waals surface area contributed by atoms with Crippen LogP contribution >= 0.6 is 12.2 Å². The molecule has 188 valence electrons. The molecule has 0 spiro atoms. The number of nitro benzene ring substituents is 1. The molecule has 0 bridgehead atoms. The van der Waals surface area contributed by atoms with Gasteiger partial charge >= 0.3 is 0 Å². The van der Waals surface area contributed by atoms with Crippen LogP contribution in [0, 0.1) is 28.7 Å². The van der Waals surface area contributed by atoms with Crippen LogP contribution in [0.5, 0.6) is 11.5 Å². The monoisotopic (exact) mass is 516 g/mol. The first-order chi connectivity index (χ1) is 17.1.